The Hall–Kier alpha value is -2.33. The zero-order valence-corrected chi connectivity index (χ0v) is 19.0. The first kappa shape index (κ1) is 21.9. The number of sulfonamides is 1. The minimum atomic E-state index is -3.43. The summed E-state index contributed by atoms with van der Waals surface area (Å²) in [4.78, 5) is 12.5. The number of carbonyl (C=O) groups is 1. The van der Waals surface area contributed by atoms with Gasteiger partial charge in [0.05, 0.1) is 5.75 Å². The number of hydrogen-bond acceptors (Lipinski definition) is 6. The number of anilines is 1. The van der Waals surface area contributed by atoms with E-state index in [0.29, 0.717) is 28.8 Å². The van der Waals surface area contributed by atoms with Gasteiger partial charge in [0.15, 0.2) is 0 Å². The molecule has 2 heterocycles. The maximum absolute atomic E-state index is 12.9. The second-order valence-corrected chi connectivity index (χ2v) is 10.8. The minimum Gasteiger partial charge on any atom is -0.320 e. The molecule has 0 aliphatic carbocycles. The third-order valence-electron chi connectivity index (χ3n) is 5.06. The van der Waals surface area contributed by atoms with Crippen molar-refractivity contribution in [1.29, 1.82) is 0 Å². The van der Waals surface area contributed by atoms with E-state index in [4.69, 9.17) is 11.6 Å². The van der Waals surface area contributed by atoms with Gasteiger partial charge in [0.1, 0.15) is 5.01 Å². The summed E-state index contributed by atoms with van der Waals surface area (Å²) in [7, 11) is -3.43. The predicted octanol–water partition coefficient (Wildman–Crippen LogP) is 4.15. The summed E-state index contributed by atoms with van der Waals surface area (Å²) < 4.78 is 27.3. The van der Waals surface area contributed by atoms with Crippen LogP contribution in [0.1, 0.15) is 39.1 Å². The van der Waals surface area contributed by atoms with E-state index in [9.17, 15) is 13.2 Å². The Morgan fingerprint density at radius 1 is 1.13 bits per heavy atom. The second kappa shape index (κ2) is 9.44. The van der Waals surface area contributed by atoms with Gasteiger partial charge in [-0.25, -0.2) is 12.7 Å². The van der Waals surface area contributed by atoms with Crippen molar-refractivity contribution >= 4 is 44.6 Å². The Balaban J connectivity index is 1.42. The molecule has 0 saturated carbocycles. The number of nitrogens with one attached hydrogen (secondary N) is 1. The van der Waals surface area contributed by atoms with Crippen molar-refractivity contribution in [1.82, 2.24) is 14.5 Å². The first-order valence-electron chi connectivity index (χ1n) is 9.83. The van der Waals surface area contributed by atoms with Crippen LogP contribution in [0.3, 0.4) is 0 Å². The van der Waals surface area contributed by atoms with Crippen molar-refractivity contribution in [2.75, 3.05) is 18.4 Å². The van der Waals surface area contributed by atoms with Crippen LogP contribution in [-0.4, -0.2) is 41.9 Å². The Bertz CT molecular complexity index is 1150. The standard InChI is InChI=1S/C21H21ClN4O3S2/c22-17-8-10-18(11-9-17)23-19(27)21-25-24-20(30-21)16-7-4-12-26(13-16)31(28,29)14-15-5-2-1-3-6-15/h1-3,5-6,8-11,16H,4,7,12-14H2,(H,23,27)/t16-/m1/s1. The van der Waals surface area contributed by atoms with Gasteiger partial charge in [-0.05, 0) is 42.7 Å². The molecule has 31 heavy (non-hydrogen) atoms. The number of halogens is 1. The largest absolute Gasteiger partial charge is 0.320 e. The minimum absolute atomic E-state index is 0.0224. The molecule has 1 fully saturated rings. The molecule has 1 N–H and O–H groups in total. The molecule has 1 atom stereocenters. The van der Waals surface area contributed by atoms with Crippen LogP contribution in [0.2, 0.25) is 5.02 Å². The molecule has 1 aliphatic heterocycles. The maximum Gasteiger partial charge on any atom is 0.286 e. The van der Waals surface area contributed by atoms with E-state index in [2.05, 4.69) is 15.5 Å². The number of amides is 1. The Morgan fingerprint density at radius 3 is 2.61 bits per heavy atom. The summed E-state index contributed by atoms with van der Waals surface area (Å²) in [5.41, 5.74) is 1.38. The fourth-order valence-electron chi connectivity index (χ4n) is 3.48. The average Bonchev–Trinajstić information content (AvgIpc) is 3.26. The zero-order valence-electron chi connectivity index (χ0n) is 16.6. The van der Waals surface area contributed by atoms with Crippen LogP contribution in [0.15, 0.2) is 54.6 Å². The van der Waals surface area contributed by atoms with Gasteiger partial charge < -0.3 is 5.32 Å². The molecule has 4 rings (SSSR count). The molecule has 0 radical (unpaired) electrons. The van der Waals surface area contributed by atoms with E-state index in [1.54, 1.807) is 24.3 Å². The number of rotatable bonds is 6. The lowest BCUT2D eigenvalue weighted by Crippen LogP contribution is -2.39. The van der Waals surface area contributed by atoms with Gasteiger partial charge in [-0.2, -0.15) is 0 Å². The van der Waals surface area contributed by atoms with Gasteiger partial charge >= 0.3 is 0 Å². The van der Waals surface area contributed by atoms with Crippen LogP contribution in [0.25, 0.3) is 0 Å². The smallest absolute Gasteiger partial charge is 0.286 e. The lowest BCUT2D eigenvalue weighted by molar-refractivity contribution is 0.102. The number of nitrogens with zero attached hydrogens (tertiary/aromatic N) is 3. The summed E-state index contributed by atoms with van der Waals surface area (Å²) in [6, 6.07) is 16.0. The third kappa shape index (κ3) is 5.48. The molecule has 162 valence electrons. The second-order valence-electron chi connectivity index (χ2n) is 7.35. The molecule has 0 spiro atoms. The number of hydrogen-bond donors (Lipinski definition) is 1. The van der Waals surface area contributed by atoms with Gasteiger partial charge in [-0.15, -0.1) is 10.2 Å². The van der Waals surface area contributed by atoms with Crippen molar-refractivity contribution in [2.45, 2.75) is 24.5 Å². The van der Waals surface area contributed by atoms with Crippen LogP contribution >= 0.6 is 22.9 Å². The van der Waals surface area contributed by atoms with Crippen LogP contribution < -0.4 is 5.32 Å². The van der Waals surface area contributed by atoms with Gasteiger partial charge in [-0.1, -0.05) is 53.3 Å². The molecule has 1 amide bonds. The fourth-order valence-corrected chi connectivity index (χ4v) is 6.08. The van der Waals surface area contributed by atoms with E-state index in [1.165, 1.54) is 15.6 Å². The van der Waals surface area contributed by atoms with Crippen molar-refractivity contribution < 1.29 is 13.2 Å². The Labute approximate surface area is 190 Å². The van der Waals surface area contributed by atoms with E-state index in [-0.39, 0.29) is 22.6 Å². The predicted molar refractivity (Wildman–Crippen MR) is 122 cm³/mol. The number of aromatic nitrogens is 2. The van der Waals surface area contributed by atoms with Crippen LogP contribution in [0, 0.1) is 0 Å². The molecule has 1 saturated heterocycles. The molecular formula is C21H21ClN4O3S2. The monoisotopic (exact) mass is 476 g/mol. The molecule has 3 aromatic rings. The highest BCUT2D eigenvalue weighted by atomic mass is 35.5. The summed E-state index contributed by atoms with van der Waals surface area (Å²) >= 11 is 7.07. The topological polar surface area (TPSA) is 92.3 Å². The highest BCUT2D eigenvalue weighted by Crippen LogP contribution is 2.31. The maximum atomic E-state index is 12.9. The van der Waals surface area contributed by atoms with Gasteiger partial charge in [-0.3, -0.25) is 4.79 Å². The SMILES string of the molecule is O=C(Nc1ccc(Cl)cc1)c1nnc([C@@H]2CCCN(S(=O)(=O)Cc3ccccc3)C2)s1. The van der Waals surface area contributed by atoms with Crippen LogP contribution in [-0.2, 0) is 15.8 Å². The normalized spacial score (nSPS) is 17.4. The Kier molecular flexibility index (Phi) is 6.66. The molecular weight excluding hydrogens is 456 g/mol. The van der Waals surface area contributed by atoms with Crippen LogP contribution in [0.4, 0.5) is 5.69 Å². The zero-order chi connectivity index (χ0) is 21.8. The number of piperidine rings is 1. The van der Waals surface area contributed by atoms with Gasteiger partial charge in [0, 0.05) is 29.7 Å². The highest BCUT2D eigenvalue weighted by molar-refractivity contribution is 7.88. The Morgan fingerprint density at radius 2 is 1.87 bits per heavy atom. The quantitative estimate of drug-likeness (QED) is 0.576. The summed E-state index contributed by atoms with van der Waals surface area (Å²) in [5, 5.41) is 12.5. The molecule has 10 heteroatoms. The highest BCUT2D eigenvalue weighted by Gasteiger charge is 2.32. The van der Waals surface area contributed by atoms with Gasteiger partial charge in [0.2, 0.25) is 15.0 Å². The van der Waals surface area contributed by atoms with Gasteiger partial charge in [0.25, 0.3) is 5.91 Å². The fraction of sp³-hybridized carbons (Fsp3) is 0.286. The summed E-state index contributed by atoms with van der Waals surface area (Å²) in [5.74, 6) is -0.449. The van der Waals surface area contributed by atoms with E-state index in [1.807, 2.05) is 30.3 Å². The van der Waals surface area contributed by atoms with Crippen molar-refractivity contribution in [2.24, 2.45) is 0 Å². The lowest BCUT2D eigenvalue weighted by atomic mass is 10.0. The van der Waals surface area contributed by atoms with E-state index >= 15 is 0 Å². The number of carbonyl (C=O) groups excluding carboxylic acids is 1. The third-order valence-corrected chi connectivity index (χ3v) is 8.21. The average molecular weight is 477 g/mol. The number of benzene rings is 2. The van der Waals surface area contributed by atoms with Crippen molar-refractivity contribution in [3.8, 4) is 0 Å². The van der Waals surface area contributed by atoms with Crippen LogP contribution in [0.5, 0.6) is 0 Å². The molecule has 0 unspecified atom stereocenters. The first-order valence-corrected chi connectivity index (χ1v) is 12.6. The van der Waals surface area contributed by atoms with E-state index < -0.39 is 10.0 Å². The molecule has 2 aromatic carbocycles. The van der Waals surface area contributed by atoms with Crippen molar-refractivity contribution in [3.05, 3.63) is 75.2 Å². The van der Waals surface area contributed by atoms with E-state index in [0.717, 1.165) is 18.4 Å². The van der Waals surface area contributed by atoms with Crippen molar-refractivity contribution in [3.63, 3.8) is 0 Å². The molecule has 7 nitrogen and oxygen atoms in total. The summed E-state index contributed by atoms with van der Waals surface area (Å²) in [6.45, 7) is 0.844. The first-order chi connectivity index (χ1) is 14.9. The lowest BCUT2D eigenvalue weighted by Gasteiger charge is -2.30. The summed E-state index contributed by atoms with van der Waals surface area (Å²) in [6.07, 6.45) is 1.55. The molecule has 1 aliphatic rings. The molecule has 0 bridgehead atoms. The molecule has 1 aromatic heterocycles.